The maximum Gasteiger partial charge on any atom is 0.306 e. The van der Waals surface area contributed by atoms with Crippen molar-refractivity contribution in [1.29, 1.82) is 0 Å². The summed E-state index contributed by atoms with van der Waals surface area (Å²) < 4.78 is 5.43. The van der Waals surface area contributed by atoms with Gasteiger partial charge in [0.05, 0.1) is 18.4 Å². The van der Waals surface area contributed by atoms with E-state index in [2.05, 4.69) is 5.32 Å². The lowest BCUT2D eigenvalue weighted by molar-refractivity contribution is -0.146. The van der Waals surface area contributed by atoms with Gasteiger partial charge in [-0.2, -0.15) is 0 Å². The van der Waals surface area contributed by atoms with Crippen molar-refractivity contribution in [3.05, 3.63) is 29.3 Å². The van der Waals surface area contributed by atoms with Gasteiger partial charge >= 0.3 is 5.97 Å². The van der Waals surface area contributed by atoms with Crippen LogP contribution in [0, 0.1) is 12.8 Å². The molecule has 0 aromatic heterocycles. The zero-order chi connectivity index (χ0) is 17.3. The summed E-state index contributed by atoms with van der Waals surface area (Å²) in [6, 6.07) is 6.01. The Morgan fingerprint density at radius 2 is 1.92 bits per heavy atom. The van der Waals surface area contributed by atoms with Gasteiger partial charge in [-0.15, -0.1) is 0 Å². The minimum Gasteiger partial charge on any atom is -0.496 e. The van der Waals surface area contributed by atoms with Crippen molar-refractivity contribution in [1.82, 2.24) is 5.32 Å². The second-order valence-corrected chi connectivity index (χ2v) is 7.15. The average molecular weight is 331 g/mol. The zero-order valence-corrected chi connectivity index (χ0v) is 14.3. The Hall–Kier alpha value is -2.04. The normalized spacial score (nSPS) is 24.9. The van der Waals surface area contributed by atoms with Gasteiger partial charge in [0.1, 0.15) is 5.75 Å². The molecule has 2 saturated carbocycles. The molecule has 0 aliphatic heterocycles. The highest BCUT2D eigenvalue weighted by Gasteiger charge is 2.45. The van der Waals surface area contributed by atoms with Crippen molar-refractivity contribution in [2.24, 2.45) is 5.92 Å². The fourth-order valence-corrected chi connectivity index (χ4v) is 4.00. The first-order valence-corrected chi connectivity index (χ1v) is 8.65. The van der Waals surface area contributed by atoms with Gasteiger partial charge in [-0.1, -0.05) is 25.0 Å². The molecular formula is C19H25NO4. The Labute approximate surface area is 142 Å². The number of carbonyl (C=O) groups is 2. The molecule has 24 heavy (non-hydrogen) atoms. The lowest BCUT2D eigenvalue weighted by Crippen LogP contribution is -2.52. The lowest BCUT2D eigenvalue weighted by atomic mass is 9.75. The SMILES string of the molecule is COc1cc(C2(C(=O)NC3CC(C(=O)O)C3)CCCC2)ccc1C. The number of aryl methyl sites for hydroxylation is 1. The van der Waals surface area contributed by atoms with E-state index in [0.29, 0.717) is 12.8 Å². The Morgan fingerprint density at radius 3 is 2.50 bits per heavy atom. The summed E-state index contributed by atoms with van der Waals surface area (Å²) in [5.41, 5.74) is 1.56. The van der Waals surface area contributed by atoms with E-state index in [1.165, 1.54) is 0 Å². The number of carboxylic acids is 1. The van der Waals surface area contributed by atoms with E-state index >= 15 is 0 Å². The molecule has 2 fully saturated rings. The number of aliphatic carboxylic acids is 1. The highest BCUT2D eigenvalue weighted by atomic mass is 16.5. The largest absolute Gasteiger partial charge is 0.496 e. The first kappa shape index (κ1) is 16.8. The van der Waals surface area contributed by atoms with Crippen LogP contribution >= 0.6 is 0 Å². The van der Waals surface area contributed by atoms with Gasteiger partial charge in [0.2, 0.25) is 5.91 Å². The van der Waals surface area contributed by atoms with Crippen LogP contribution in [0.15, 0.2) is 18.2 Å². The maximum atomic E-state index is 13.0. The summed E-state index contributed by atoms with van der Waals surface area (Å²) in [5.74, 6) is -0.227. The molecule has 5 heteroatoms. The molecule has 0 unspecified atom stereocenters. The molecule has 5 nitrogen and oxygen atoms in total. The van der Waals surface area contributed by atoms with Crippen LogP contribution in [-0.4, -0.2) is 30.1 Å². The van der Waals surface area contributed by atoms with Crippen LogP contribution in [0.4, 0.5) is 0 Å². The van der Waals surface area contributed by atoms with Gasteiger partial charge in [0.25, 0.3) is 0 Å². The Bertz CT molecular complexity index is 643. The molecular weight excluding hydrogens is 306 g/mol. The second kappa shape index (κ2) is 6.46. The van der Waals surface area contributed by atoms with Crippen LogP contribution < -0.4 is 10.1 Å². The lowest BCUT2D eigenvalue weighted by Gasteiger charge is -2.37. The molecule has 0 bridgehead atoms. The standard InChI is InChI=1S/C19H25NO4/c1-12-5-6-14(11-16(12)24-2)19(7-3-4-8-19)18(23)20-15-9-13(10-15)17(21)22/h5-6,11,13,15H,3-4,7-10H2,1-2H3,(H,20,23)(H,21,22). The number of nitrogens with one attached hydrogen (secondary N) is 1. The van der Waals surface area contributed by atoms with Crippen LogP contribution in [0.5, 0.6) is 5.75 Å². The number of hydrogen-bond acceptors (Lipinski definition) is 3. The Morgan fingerprint density at radius 1 is 1.25 bits per heavy atom. The van der Waals surface area contributed by atoms with Gasteiger partial charge in [0, 0.05) is 6.04 Å². The van der Waals surface area contributed by atoms with E-state index in [9.17, 15) is 9.59 Å². The molecule has 130 valence electrons. The minimum atomic E-state index is -0.764. The van der Waals surface area contributed by atoms with Crippen molar-refractivity contribution < 1.29 is 19.4 Å². The second-order valence-electron chi connectivity index (χ2n) is 7.15. The third-order valence-electron chi connectivity index (χ3n) is 5.67. The van der Waals surface area contributed by atoms with Gasteiger partial charge in [-0.25, -0.2) is 0 Å². The third kappa shape index (κ3) is 2.87. The molecule has 1 aromatic carbocycles. The molecule has 0 saturated heterocycles. The molecule has 3 rings (SSSR count). The molecule has 1 aromatic rings. The fraction of sp³-hybridized carbons (Fsp3) is 0.579. The summed E-state index contributed by atoms with van der Waals surface area (Å²) in [6.07, 6.45) is 4.81. The monoisotopic (exact) mass is 331 g/mol. The average Bonchev–Trinajstić information content (AvgIpc) is 3.01. The highest BCUT2D eigenvalue weighted by molar-refractivity contribution is 5.89. The number of hydrogen-bond donors (Lipinski definition) is 2. The smallest absolute Gasteiger partial charge is 0.306 e. The third-order valence-corrected chi connectivity index (χ3v) is 5.67. The van der Waals surface area contributed by atoms with Crippen molar-refractivity contribution >= 4 is 11.9 Å². The molecule has 2 N–H and O–H groups in total. The number of ether oxygens (including phenoxy) is 1. The van der Waals surface area contributed by atoms with Crippen molar-refractivity contribution in [2.75, 3.05) is 7.11 Å². The molecule has 0 radical (unpaired) electrons. The fourth-order valence-electron chi connectivity index (χ4n) is 4.00. The zero-order valence-electron chi connectivity index (χ0n) is 14.3. The topological polar surface area (TPSA) is 75.6 Å². The summed E-state index contributed by atoms with van der Waals surface area (Å²) in [4.78, 5) is 24.0. The van der Waals surface area contributed by atoms with Gasteiger partial charge in [0.15, 0.2) is 0 Å². The number of benzene rings is 1. The number of carbonyl (C=O) groups excluding carboxylic acids is 1. The molecule has 2 aliphatic rings. The first-order valence-electron chi connectivity index (χ1n) is 8.65. The van der Waals surface area contributed by atoms with Crippen LogP contribution in [0.3, 0.4) is 0 Å². The minimum absolute atomic E-state index is 0.0107. The van der Waals surface area contributed by atoms with Crippen LogP contribution in [-0.2, 0) is 15.0 Å². The van der Waals surface area contributed by atoms with E-state index in [-0.39, 0.29) is 17.9 Å². The summed E-state index contributed by atoms with van der Waals surface area (Å²) in [5, 5.41) is 12.1. The van der Waals surface area contributed by atoms with Crippen molar-refractivity contribution in [2.45, 2.75) is 56.9 Å². The first-order chi connectivity index (χ1) is 11.5. The highest BCUT2D eigenvalue weighted by Crippen LogP contribution is 2.43. The van der Waals surface area contributed by atoms with E-state index in [1.807, 2.05) is 25.1 Å². The van der Waals surface area contributed by atoms with E-state index in [1.54, 1.807) is 7.11 Å². The van der Waals surface area contributed by atoms with Crippen LogP contribution in [0.2, 0.25) is 0 Å². The molecule has 0 heterocycles. The van der Waals surface area contributed by atoms with Crippen LogP contribution in [0.25, 0.3) is 0 Å². The van der Waals surface area contributed by atoms with E-state index < -0.39 is 11.4 Å². The van der Waals surface area contributed by atoms with Crippen LogP contribution in [0.1, 0.15) is 49.7 Å². The maximum absolute atomic E-state index is 13.0. The van der Waals surface area contributed by atoms with Crippen molar-refractivity contribution in [3.63, 3.8) is 0 Å². The number of amides is 1. The predicted octanol–water partition coefficient (Wildman–Crippen LogP) is 2.79. The molecule has 2 aliphatic carbocycles. The summed E-state index contributed by atoms with van der Waals surface area (Å²) in [7, 11) is 1.65. The Kier molecular flexibility index (Phi) is 4.52. The molecule has 0 spiro atoms. The quantitative estimate of drug-likeness (QED) is 0.870. The summed E-state index contributed by atoms with van der Waals surface area (Å²) in [6.45, 7) is 1.99. The van der Waals surface area contributed by atoms with Gasteiger partial charge in [-0.3, -0.25) is 9.59 Å². The number of rotatable bonds is 5. The summed E-state index contributed by atoms with van der Waals surface area (Å²) >= 11 is 0. The van der Waals surface area contributed by atoms with Gasteiger partial charge < -0.3 is 15.2 Å². The van der Waals surface area contributed by atoms with Gasteiger partial charge in [-0.05, 0) is 49.8 Å². The number of methoxy groups -OCH3 is 1. The van der Waals surface area contributed by atoms with E-state index in [4.69, 9.17) is 9.84 Å². The predicted molar refractivity (Wildman–Crippen MR) is 90.2 cm³/mol. The van der Waals surface area contributed by atoms with Crippen molar-refractivity contribution in [3.8, 4) is 5.75 Å². The number of carboxylic acid groups (broad SMARTS) is 1. The molecule has 0 atom stereocenters. The molecule has 1 amide bonds. The Balaban J connectivity index is 1.78. The van der Waals surface area contributed by atoms with E-state index in [0.717, 1.165) is 42.6 Å².